The fourth-order valence-electron chi connectivity index (χ4n) is 4.07. The topological polar surface area (TPSA) is 59.4 Å². The van der Waals surface area contributed by atoms with Crippen LogP contribution in [0.15, 0.2) is 35.3 Å². The van der Waals surface area contributed by atoms with Crippen LogP contribution in [0, 0.1) is 11.7 Å². The summed E-state index contributed by atoms with van der Waals surface area (Å²) in [6.07, 6.45) is 5.40. The third kappa shape index (κ3) is 4.73. The molecule has 156 valence electrons. The Morgan fingerprint density at radius 2 is 1.97 bits per heavy atom. The Hall–Kier alpha value is -2.12. The fourth-order valence-corrected chi connectivity index (χ4v) is 4.27. The second kappa shape index (κ2) is 9.13. The number of halogens is 2. The molecule has 0 saturated carbocycles. The molecule has 6 nitrogen and oxygen atoms in total. The monoisotopic (exact) mass is 420 g/mol. The van der Waals surface area contributed by atoms with E-state index in [-0.39, 0.29) is 22.4 Å². The molecule has 0 radical (unpaired) electrons. The highest BCUT2D eigenvalue weighted by atomic mass is 35.5. The molecule has 29 heavy (non-hydrogen) atoms. The van der Waals surface area contributed by atoms with Gasteiger partial charge in [0.2, 0.25) is 0 Å². The van der Waals surface area contributed by atoms with Gasteiger partial charge >= 0.3 is 0 Å². The van der Waals surface area contributed by atoms with Crippen molar-refractivity contribution in [2.75, 3.05) is 43.1 Å². The molecule has 1 aromatic heterocycles. The second-order valence-electron chi connectivity index (χ2n) is 7.78. The number of benzene rings is 1. The number of nitrogens with one attached hydrogen (secondary N) is 1. The van der Waals surface area contributed by atoms with Crippen LogP contribution in [0.3, 0.4) is 0 Å². The summed E-state index contributed by atoms with van der Waals surface area (Å²) in [7, 11) is 0. The fraction of sp³-hybridized carbons (Fsp3) is 0.524. The molecule has 4 rings (SSSR count). The second-order valence-corrected chi connectivity index (χ2v) is 8.16. The molecule has 2 aliphatic rings. The number of ether oxygens (including phenoxy) is 1. The quantitative estimate of drug-likeness (QED) is 0.798. The zero-order valence-corrected chi connectivity index (χ0v) is 17.1. The molecule has 2 fully saturated rings. The lowest BCUT2D eigenvalue weighted by Gasteiger charge is -2.34. The molecule has 2 aromatic rings. The van der Waals surface area contributed by atoms with Gasteiger partial charge in [0.25, 0.3) is 5.56 Å². The molecule has 1 atom stereocenters. The van der Waals surface area contributed by atoms with E-state index in [0.29, 0.717) is 11.6 Å². The third-order valence-corrected chi connectivity index (χ3v) is 6.15. The van der Waals surface area contributed by atoms with Gasteiger partial charge in [0.1, 0.15) is 10.8 Å². The summed E-state index contributed by atoms with van der Waals surface area (Å²) in [4.78, 5) is 15.0. The molecule has 1 aromatic carbocycles. The minimum Gasteiger partial charge on any atom is -0.382 e. The van der Waals surface area contributed by atoms with Gasteiger partial charge < -0.3 is 15.0 Å². The zero-order valence-electron chi connectivity index (χ0n) is 16.3. The number of anilines is 2. The average Bonchev–Trinajstić information content (AvgIpc) is 2.76. The van der Waals surface area contributed by atoms with E-state index in [1.807, 2.05) is 0 Å². The van der Waals surface area contributed by atoms with Crippen molar-refractivity contribution in [2.24, 2.45) is 5.92 Å². The van der Waals surface area contributed by atoms with Crippen LogP contribution >= 0.6 is 11.6 Å². The number of nitrogens with zero attached hydrogens (tertiary/aromatic N) is 3. The molecule has 8 heteroatoms. The van der Waals surface area contributed by atoms with Crippen molar-refractivity contribution in [2.45, 2.75) is 31.7 Å². The first-order valence-corrected chi connectivity index (χ1v) is 10.6. The normalized spacial score (nSPS) is 20.6. The highest BCUT2D eigenvalue weighted by Gasteiger charge is 2.24. The van der Waals surface area contributed by atoms with Crippen molar-refractivity contribution in [1.29, 1.82) is 0 Å². The first kappa shape index (κ1) is 20.2. The lowest BCUT2D eigenvalue weighted by atomic mass is 10.0. The Morgan fingerprint density at radius 1 is 1.21 bits per heavy atom. The molecule has 0 amide bonds. The lowest BCUT2D eigenvalue weighted by molar-refractivity contribution is 0.0595. The van der Waals surface area contributed by atoms with Crippen LogP contribution in [0.4, 0.5) is 15.8 Å². The Kier molecular flexibility index (Phi) is 6.35. The standard InChI is InChI=1S/C21H26ClFN4O2/c22-20-19(24-12-15-2-1-11-29-14-15)13-25-27(21(20)28)18-7-9-26(10-8-18)17-5-3-16(23)4-6-17/h3-6,13,15,18,24H,1-2,7-12,14H2. The van der Waals surface area contributed by atoms with E-state index in [1.54, 1.807) is 18.3 Å². The zero-order chi connectivity index (χ0) is 20.2. The number of piperidine rings is 1. The highest BCUT2D eigenvalue weighted by Crippen LogP contribution is 2.26. The van der Waals surface area contributed by atoms with Gasteiger partial charge in [-0.2, -0.15) is 5.10 Å². The summed E-state index contributed by atoms with van der Waals surface area (Å²) in [6.45, 7) is 3.85. The highest BCUT2D eigenvalue weighted by molar-refractivity contribution is 6.32. The third-order valence-electron chi connectivity index (χ3n) is 5.78. The minimum atomic E-state index is -0.253. The minimum absolute atomic E-state index is 0.0116. The molecule has 2 saturated heterocycles. The molecule has 0 bridgehead atoms. The van der Waals surface area contributed by atoms with Crippen molar-refractivity contribution in [3.8, 4) is 0 Å². The molecule has 0 aliphatic carbocycles. The summed E-state index contributed by atoms with van der Waals surface area (Å²) >= 11 is 6.36. The van der Waals surface area contributed by atoms with Crippen LogP contribution < -0.4 is 15.8 Å². The predicted octanol–water partition coefficient (Wildman–Crippen LogP) is 3.72. The van der Waals surface area contributed by atoms with Gasteiger partial charge in [0.15, 0.2) is 0 Å². The molecule has 1 N–H and O–H groups in total. The smallest absolute Gasteiger partial charge is 0.287 e. The van der Waals surface area contributed by atoms with E-state index in [4.69, 9.17) is 16.3 Å². The van der Waals surface area contributed by atoms with Gasteiger partial charge in [0.05, 0.1) is 24.5 Å². The number of hydrogen-bond acceptors (Lipinski definition) is 5. The Morgan fingerprint density at radius 3 is 2.66 bits per heavy atom. The summed E-state index contributed by atoms with van der Waals surface area (Å²) in [5.74, 6) is 0.191. The van der Waals surface area contributed by atoms with Gasteiger partial charge in [0, 0.05) is 31.9 Å². The number of hydrogen-bond donors (Lipinski definition) is 1. The Labute approximate surface area is 174 Å². The molecule has 3 heterocycles. The first-order chi connectivity index (χ1) is 14.1. The maximum absolute atomic E-state index is 13.1. The van der Waals surface area contributed by atoms with Crippen LogP contribution in [0.2, 0.25) is 5.02 Å². The molecular formula is C21H26ClFN4O2. The summed E-state index contributed by atoms with van der Waals surface area (Å²) < 4.78 is 20.1. The first-order valence-electron chi connectivity index (χ1n) is 10.2. The van der Waals surface area contributed by atoms with Crippen LogP contribution in [-0.4, -0.2) is 42.6 Å². The van der Waals surface area contributed by atoms with Crippen molar-refractivity contribution < 1.29 is 9.13 Å². The number of rotatable bonds is 5. The SMILES string of the molecule is O=c1c(Cl)c(NCC2CCCOC2)cnn1C1CCN(c2ccc(F)cc2)CC1. The van der Waals surface area contributed by atoms with E-state index in [2.05, 4.69) is 15.3 Å². The maximum Gasteiger partial charge on any atom is 0.287 e. The van der Waals surface area contributed by atoms with E-state index in [1.165, 1.54) is 16.8 Å². The molecular weight excluding hydrogens is 395 g/mol. The predicted molar refractivity (Wildman–Crippen MR) is 112 cm³/mol. The van der Waals surface area contributed by atoms with E-state index >= 15 is 0 Å². The van der Waals surface area contributed by atoms with Gasteiger partial charge in [-0.3, -0.25) is 4.79 Å². The van der Waals surface area contributed by atoms with E-state index < -0.39 is 0 Å². The summed E-state index contributed by atoms with van der Waals surface area (Å²) in [5.41, 5.74) is 1.33. The number of aromatic nitrogens is 2. The maximum atomic E-state index is 13.1. The van der Waals surface area contributed by atoms with Crippen LogP contribution in [0.1, 0.15) is 31.7 Å². The average molecular weight is 421 g/mol. The van der Waals surface area contributed by atoms with Crippen LogP contribution in [-0.2, 0) is 4.74 Å². The van der Waals surface area contributed by atoms with Crippen molar-refractivity contribution in [1.82, 2.24) is 9.78 Å². The van der Waals surface area contributed by atoms with Crippen LogP contribution in [0.5, 0.6) is 0 Å². The van der Waals surface area contributed by atoms with Gasteiger partial charge in [-0.05, 0) is 55.9 Å². The molecule has 2 aliphatic heterocycles. The largest absolute Gasteiger partial charge is 0.382 e. The van der Waals surface area contributed by atoms with Gasteiger partial charge in [-0.15, -0.1) is 0 Å². The van der Waals surface area contributed by atoms with Gasteiger partial charge in [-0.1, -0.05) is 11.6 Å². The van der Waals surface area contributed by atoms with Gasteiger partial charge in [-0.25, -0.2) is 9.07 Å². The lowest BCUT2D eigenvalue weighted by Crippen LogP contribution is -2.38. The van der Waals surface area contributed by atoms with E-state index in [9.17, 15) is 9.18 Å². The Balaban J connectivity index is 1.38. The molecule has 1 unspecified atom stereocenters. The van der Waals surface area contributed by atoms with Crippen molar-refractivity contribution >= 4 is 23.0 Å². The Bertz CT molecular complexity index is 875. The van der Waals surface area contributed by atoms with Crippen molar-refractivity contribution in [3.05, 3.63) is 51.7 Å². The summed E-state index contributed by atoms with van der Waals surface area (Å²) in [6, 6.07) is 6.53. The van der Waals surface area contributed by atoms with Crippen molar-refractivity contribution in [3.63, 3.8) is 0 Å². The summed E-state index contributed by atoms with van der Waals surface area (Å²) in [5, 5.41) is 7.85. The van der Waals surface area contributed by atoms with Crippen LogP contribution in [0.25, 0.3) is 0 Å². The van der Waals surface area contributed by atoms with E-state index in [0.717, 1.165) is 64.2 Å². The molecule has 0 spiro atoms.